The summed E-state index contributed by atoms with van der Waals surface area (Å²) in [5.74, 6) is 3.07. The largest absolute Gasteiger partial charge is 0.398 e. The van der Waals surface area contributed by atoms with Gasteiger partial charge in [0.2, 0.25) is 0 Å². The van der Waals surface area contributed by atoms with Crippen LogP contribution in [0.5, 0.6) is 0 Å². The number of rotatable bonds is 3. The van der Waals surface area contributed by atoms with Gasteiger partial charge in [0, 0.05) is 17.8 Å². The van der Waals surface area contributed by atoms with E-state index in [0.29, 0.717) is 17.2 Å². The first-order valence-electron chi connectivity index (χ1n) is 6.39. The molecule has 1 aliphatic rings. The maximum Gasteiger partial charge on any atom is 0.251 e. The van der Waals surface area contributed by atoms with E-state index >= 15 is 0 Å². The monoisotopic (exact) mass is 264 g/mol. The molecule has 2 rings (SSSR count). The molecule has 0 spiro atoms. The zero-order valence-electron chi connectivity index (χ0n) is 10.7. The van der Waals surface area contributed by atoms with Crippen LogP contribution in [0.25, 0.3) is 0 Å². The second-order valence-electron chi connectivity index (χ2n) is 4.79. The van der Waals surface area contributed by atoms with E-state index < -0.39 is 0 Å². The van der Waals surface area contributed by atoms with Gasteiger partial charge in [0.15, 0.2) is 0 Å². The van der Waals surface area contributed by atoms with Crippen molar-refractivity contribution in [2.75, 3.05) is 23.8 Å². The lowest BCUT2D eigenvalue weighted by Crippen LogP contribution is -2.31. The minimum atomic E-state index is -0.00183. The van der Waals surface area contributed by atoms with Gasteiger partial charge in [0.05, 0.1) is 0 Å². The molecule has 1 fully saturated rings. The maximum absolute atomic E-state index is 12.1. The third-order valence-corrected chi connectivity index (χ3v) is 4.56. The van der Waals surface area contributed by atoms with Gasteiger partial charge >= 0.3 is 0 Å². The number of nitrogens with two attached hydrogens (primary N) is 1. The lowest BCUT2D eigenvalue weighted by atomic mass is 10.0. The Bertz CT molecular complexity index is 428. The van der Waals surface area contributed by atoms with Crippen LogP contribution in [-0.4, -0.2) is 24.0 Å². The molecule has 1 amide bonds. The molecule has 0 unspecified atom stereocenters. The van der Waals surface area contributed by atoms with Crippen LogP contribution in [0.1, 0.15) is 28.8 Å². The molecule has 0 aliphatic carbocycles. The molecular weight excluding hydrogens is 244 g/mol. The molecule has 0 bridgehead atoms. The lowest BCUT2D eigenvalue weighted by Gasteiger charge is -2.21. The van der Waals surface area contributed by atoms with Crippen molar-refractivity contribution in [3.05, 3.63) is 29.3 Å². The summed E-state index contributed by atoms with van der Waals surface area (Å²) in [7, 11) is 0. The van der Waals surface area contributed by atoms with Crippen molar-refractivity contribution in [2.45, 2.75) is 19.8 Å². The van der Waals surface area contributed by atoms with Gasteiger partial charge in [-0.1, -0.05) is 6.07 Å². The molecule has 0 saturated carbocycles. The molecule has 1 aromatic rings. The van der Waals surface area contributed by atoms with E-state index in [1.807, 2.05) is 36.9 Å². The van der Waals surface area contributed by atoms with Gasteiger partial charge in [-0.25, -0.2) is 0 Å². The van der Waals surface area contributed by atoms with Gasteiger partial charge in [-0.3, -0.25) is 4.79 Å². The van der Waals surface area contributed by atoms with Gasteiger partial charge in [-0.05, 0) is 54.9 Å². The molecule has 1 aromatic carbocycles. The van der Waals surface area contributed by atoms with E-state index in [-0.39, 0.29) is 5.91 Å². The number of anilines is 1. The van der Waals surface area contributed by atoms with Gasteiger partial charge in [0.1, 0.15) is 0 Å². The fourth-order valence-electron chi connectivity index (χ4n) is 2.18. The SMILES string of the molecule is Cc1c(N)cccc1C(=O)NCC1CCSCC1. The van der Waals surface area contributed by atoms with E-state index in [1.54, 1.807) is 0 Å². The molecule has 1 saturated heterocycles. The van der Waals surface area contributed by atoms with Gasteiger partial charge in [-0.2, -0.15) is 11.8 Å². The highest BCUT2D eigenvalue weighted by Gasteiger charge is 2.16. The zero-order chi connectivity index (χ0) is 13.0. The number of nitrogens with one attached hydrogen (secondary N) is 1. The Balaban J connectivity index is 1.93. The Hall–Kier alpha value is -1.16. The predicted molar refractivity (Wildman–Crippen MR) is 78.0 cm³/mol. The molecule has 4 heteroatoms. The molecule has 0 aromatic heterocycles. The Kier molecular flexibility index (Phi) is 4.53. The van der Waals surface area contributed by atoms with Crippen LogP contribution in [0.3, 0.4) is 0 Å². The number of carbonyl (C=O) groups is 1. The molecule has 3 N–H and O–H groups in total. The summed E-state index contributed by atoms with van der Waals surface area (Å²) in [4.78, 5) is 12.1. The second-order valence-corrected chi connectivity index (χ2v) is 6.01. The first-order valence-corrected chi connectivity index (χ1v) is 7.55. The summed E-state index contributed by atoms with van der Waals surface area (Å²) in [6, 6.07) is 5.48. The average molecular weight is 264 g/mol. The molecule has 3 nitrogen and oxygen atoms in total. The summed E-state index contributed by atoms with van der Waals surface area (Å²) < 4.78 is 0. The minimum absolute atomic E-state index is 0.00183. The first kappa shape index (κ1) is 13.3. The van der Waals surface area contributed by atoms with Crippen molar-refractivity contribution < 1.29 is 4.79 Å². The van der Waals surface area contributed by atoms with Gasteiger partial charge < -0.3 is 11.1 Å². The van der Waals surface area contributed by atoms with Crippen molar-refractivity contribution in [3.63, 3.8) is 0 Å². The number of hydrogen-bond acceptors (Lipinski definition) is 3. The molecule has 1 aliphatic heterocycles. The third kappa shape index (κ3) is 3.19. The van der Waals surface area contributed by atoms with Crippen molar-refractivity contribution in [1.29, 1.82) is 0 Å². The normalized spacial score (nSPS) is 16.5. The smallest absolute Gasteiger partial charge is 0.251 e. The van der Waals surface area contributed by atoms with Crippen molar-refractivity contribution in [2.24, 2.45) is 5.92 Å². The minimum Gasteiger partial charge on any atom is -0.398 e. The van der Waals surface area contributed by atoms with Crippen LogP contribution in [0.4, 0.5) is 5.69 Å². The fourth-order valence-corrected chi connectivity index (χ4v) is 3.39. The highest BCUT2D eigenvalue weighted by atomic mass is 32.2. The standard InChI is InChI=1S/C14H20N2OS/c1-10-12(3-2-4-13(10)15)14(17)16-9-11-5-7-18-8-6-11/h2-4,11H,5-9,15H2,1H3,(H,16,17). The highest BCUT2D eigenvalue weighted by molar-refractivity contribution is 7.99. The molecule has 98 valence electrons. The van der Waals surface area contributed by atoms with Crippen molar-refractivity contribution in [3.8, 4) is 0 Å². The van der Waals surface area contributed by atoms with Crippen LogP contribution >= 0.6 is 11.8 Å². The summed E-state index contributed by atoms with van der Waals surface area (Å²) in [5, 5.41) is 3.03. The lowest BCUT2D eigenvalue weighted by molar-refractivity contribution is 0.0946. The van der Waals surface area contributed by atoms with E-state index in [2.05, 4.69) is 5.32 Å². The number of amides is 1. The first-order chi connectivity index (χ1) is 8.68. The van der Waals surface area contributed by atoms with Crippen LogP contribution in [0, 0.1) is 12.8 Å². The zero-order valence-corrected chi connectivity index (χ0v) is 11.6. The topological polar surface area (TPSA) is 55.1 Å². The number of benzene rings is 1. The van der Waals surface area contributed by atoms with E-state index in [1.165, 1.54) is 24.3 Å². The predicted octanol–water partition coefficient (Wildman–Crippen LogP) is 2.45. The molecule has 0 atom stereocenters. The van der Waals surface area contributed by atoms with Crippen molar-refractivity contribution >= 4 is 23.4 Å². The fraction of sp³-hybridized carbons (Fsp3) is 0.500. The number of thioether (sulfide) groups is 1. The molecular formula is C14H20N2OS. The number of carbonyl (C=O) groups excluding carboxylic acids is 1. The van der Waals surface area contributed by atoms with E-state index in [4.69, 9.17) is 5.73 Å². The molecule has 0 radical (unpaired) electrons. The quantitative estimate of drug-likeness (QED) is 0.825. The maximum atomic E-state index is 12.1. The molecule has 18 heavy (non-hydrogen) atoms. The Morgan fingerprint density at radius 2 is 2.17 bits per heavy atom. The average Bonchev–Trinajstić information content (AvgIpc) is 2.40. The third-order valence-electron chi connectivity index (χ3n) is 3.51. The van der Waals surface area contributed by atoms with E-state index in [9.17, 15) is 4.79 Å². The summed E-state index contributed by atoms with van der Waals surface area (Å²) in [5.41, 5.74) is 8.06. The summed E-state index contributed by atoms with van der Waals surface area (Å²) in [6.45, 7) is 2.68. The van der Waals surface area contributed by atoms with Crippen LogP contribution in [0.2, 0.25) is 0 Å². The van der Waals surface area contributed by atoms with E-state index in [0.717, 1.165) is 12.1 Å². The molecule has 1 heterocycles. The Morgan fingerprint density at radius 1 is 1.44 bits per heavy atom. The second kappa shape index (κ2) is 6.14. The Labute approximate surface area is 113 Å². The number of nitrogen functional groups attached to an aromatic ring is 1. The van der Waals surface area contributed by atoms with Crippen LogP contribution < -0.4 is 11.1 Å². The van der Waals surface area contributed by atoms with Crippen molar-refractivity contribution in [1.82, 2.24) is 5.32 Å². The van der Waals surface area contributed by atoms with Gasteiger partial charge in [0.25, 0.3) is 5.91 Å². The number of hydrogen-bond donors (Lipinski definition) is 2. The van der Waals surface area contributed by atoms with Crippen LogP contribution in [-0.2, 0) is 0 Å². The Morgan fingerprint density at radius 3 is 2.89 bits per heavy atom. The summed E-state index contributed by atoms with van der Waals surface area (Å²) >= 11 is 2.00. The summed E-state index contributed by atoms with van der Waals surface area (Å²) in [6.07, 6.45) is 2.42. The van der Waals surface area contributed by atoms with Crippen LogP contribution in [0.15, 0.2) is 18.2 Å². The highest BCUT2D eigenvalue weighted by Crippen LogP contribution is 2.22. The van der Waals surface area contributed by atoms with Gasteiger partial charge in [-0.15, -0.1) is 0 Å².